The van der Waals surface area contributed by atoms with Crippen molar-refractivity contribution in [3.05, 3.63) is 28.6 Å². The van der Waals surface area contributed by atoms with Gasteiger partial charge in [-0.15, -0.1) is 0 Å². The maximum absolute atomic E-state index is 12.8. The minimum atomic E-state index is -0.448. The second-order valence-electron chi connectivity index (χ2n) is 6.73. The van der Waals surface area contributed by atoms with Crippen molar-refractivity contribution in [2.45, 2.75) is 24.9 Å². The standard InChI is InChI=1S/C17H20N4O3S/c1-20-11-17(24-16(20)23)4-2-6-21(7-5-17)15(22)14-9-13(18-19-14)12-3-8-25-10-12/h3,8-10H,2,4-7,11H2,1H3,(H,18,19)/t17-/m0/s1. The molecule has 1 atom stereocenters. The number of nitrogens with zero attached hydrogens (tertiary/aromatic N) is 3. The van der Waals surface area contributed by atoms with Gasteiger partial charge in [0, 0.05) is 37.5 Å². The number of thiophene rings is 1. The molecule has 4 heterocycles. The second-order valence-corrected chi connectivity index (χ2v) is 7.51. The van der Waals surface area contributed by atoms with Crippen molar-refractivity contribution in [1.82, 2.24) is 20.0 Å². The number of rotatable bonds is 2. The van der Waals surface area contributed by atoms with Crippen LogP contribution >= 0.6 is 11.3 Å². The quantitative estimate of drug-likeness (QED) is 0.893. The summed E-state index contributed by atoms with van der Waals surface area (Å²) in [6, 6.07) is 3.78. The molecule has 0 unspecified atom stereocenters. The molecule has 0 radical (unpaired) electrons. The highest BCUT2D eigenvalue weighted by Crippen LogP contribution is 2.33. The predicted molar refractivity (Wildman–Crippen MR) is 93.5 cm³/mol. The van der Waals surface area contributed by atoms with Gasteiger partial charge in [-0.1, -0.05) is 0 Å². The Morgan fingerprint density at radius 3 is 3.00 bits per heavy atom. The van der Waals surface area contributed by atoms with Crippen molar-refractivity contribution in [3.63, 3.8) is 0 Å². The van der Waals surface area contributed by atoms with E-state index in [0.717, 1.165) is 24.1 Å². The van der Waals surface area contributed by atoms with E-state index in [1.165, 1.54) is 0 Å². The van der Waals surface area contributed by atoms with Crippen LogP contribution in [0.15, 0.2) is 22.9 Å². The molecule has 1 spiro atoms. The van der Waals surface area contributed by atoms with Gasteiger partial charge in [0.25, 0.3) is 5.91 Å². The molecule has 1 N–H and O–H groups in total. The van der Waals surface area contributed by atoms with E-state index in [-0.39, 0.29) is 12.0 Å². The Morgan fingerprint density at radius 2 is 2.28 bits per heavy atom. The van der Waals surface area contributed by atoms with Crippen LogP contribution in [0.1, 0.15) is 29.8 Å². The van der Waals surface area contributed by atoms with Gasteiger partial charge in [0.1, 0.15) is 11.3 Å². The van der Waals surface area contributed by atoms with Crippen LogP contribution in [0.2, 0.25) is 0 Å². The molecule has 8 heteroatoms. The van der Waals surface area contributed by atoms with Crippen LogP contribution in [0.25, 0.3) is 11.3 Å². The zero-order chi connectivity index (χ0) is 17.4. The molecular weight excluding hydrogens is 340 g/mol. The molecule has 0 bridgehead atoms. The third-order valence-electron chi connectivity index (χ3n) is 4.95. The van der Waals surface area contributed by atoms with Crippen LogP contribution in [0.3, 0.4) is 0 Å². The van der Waals surface area contributed by atoms with Crippen molar-refractivity contribution in [1.29, 1.82) is 0 Å². The lowest BCUT2D eigenvalue weighted by atomic mass is 9.95. The molecular formula is C17H20N4O3S. The lowest BCUT2D eigenvalue weighted by molar-refractivity contribution is 0.0438. The molecule has 7 nitrogen and oxygen atoms in total. The first-order chi connectivity index (χ1) is 12.1. The monoisotopic (exact) mass is 360 g/mol. The van der Waals surface area contributed by atoms with E-state index in [2.05, 4.69) is 10.2 Å². The Balaban J connectivity index is 1.46. The van der Waals surface area contributed by atoms with Gasteiger partial charge < -0.3 is 14.5 Å². The van der Waals surface area contributed by atoms with Crippen LogP contribution in [-0.4, -0.2) is 64.3 Å². The minimum absolute atomic E-state index is 0.0521. The van der Waals surface area contributed by atoms with Crippen LogP contribution in [0.4, 0.5) is 4.79 Å². The Kier molecular flexibility index (Phi) is 3.99. The maximum Gasteiger partial charge on any atom is 0.410 e. The van der Waals surface area contributed by atoms with Gasteiger partial charge in [-0.05, 0) is 30.4 Å². The molecule has 2 aromatic heterocycles. The second kappa shape index (κ2) is 6.18. The summed E-state index contributed by atoms with van der Waals surface area (Å²) in [6.07, 6.45) is 2.00. The van der Waals surface area contributed by atoms with Crippen molar-refractivity contribution >= 4 is 23.3 Å². The predicted octanol–water partition coefficient (Wildman–Crippen LogP) is 2.59. The van der Waals surface area contributed by atoms with Crippen molar-refractivity contribution in [2.75, 3.05) is 26.7 Å². The zero-order valence-corrected chi connectivity index (χ0v) is 14.8. The van der Waals surface area contributed by atoms with E-state index in [9.17, 15) is 9.59 Å². The van der Waals surface area contributed by atoms with Crippen LogP contribution < -0.4 is 0 Å². The van der Waals surface area contributed by atoms with Crippen LogP contribution in [0.5, 0.6) is 0 Å². The molecule has 132 valence electrons. The summed E-state index contributed by atoms with van der Waals surface area (Å²) in [4.78, 5) is 28.0. The topological polar surface area (TPSA) is 78.5 Å². The van der Waals surface area contributed by atoms with Gasteiger partial charge in [0.05, 0.1) is 12.2 Å². The smallest absolute Gasteiger partial charge is 0.410 e. The summed E-state index contributed by atoms with van der Waals surface area (Å²) in [7, 11) is 1.75. The van der Waals surface area contributed by atoms with E-state index >= 15 is 0 Å². The SMILES string of the molecule is CN1C[C@@]2(CCCN(C(=O)c3cc(-c4ccsc4)n[nH]3)CC2)OC1=O. The number of hydrogen-bond donors (Lipinski definition) is 1. The summed E-state index contributed by atoms with van der Waals surface area (Å²) in [6.45, 7) is 1.83. The Morgan fingerprint density at radius 1 is 1.40 bits per heavy atom. The van der Waals surface area contributed by atoms with Gasteiger partial charge in [-0.2, -0.15) is 16.4 Å². The fourth-order valence-corrected chi connectivity index (χ4v) is 4.23. The van der Waals surface area contributed by atoms with Crippen LogP contribution in [-0.2, 0) is 4.74 Å². The fourth-order valence-electron chi connectivity index (χ4n) is 3.58. The number of amides is 2. The third kappa shape index (κ3) is 3.02. The largest absolute Gasteiger partial charge is 0.441 e. The number of aromatic nitrogens is 2. The number of nitrogens with one attached hydrogen (secondary N) is 1. The number of ether oxygens (including phenoxy) is 1. The molecule has 2 amide bonds. The highest BCUT2D eigenvalue weighted by Gasteiger charge is 2.44. The third-order valence-corrected chi connectivity index (χ3v) is 5.63. The van der Waals surface area contributed by atoms with Gasteiger partial charge in [0.2, 0.25) is 0 Å². The zero-order valence-electron chi connectivity index (χ0n) is 14.0. The van der Waals surface area contributed by atoms with Gasteiger partial charge in [-0.3, -0.25) is 9.89 Å². The molecule has 2 aliphatic heterocycles. The maximum atomic E-state index is 12.8. The molecule has 2 aromatic rings. The molecule has 0 aliphatic carbocycles. The molecule has 0 aromatic carbocycles. The summed E-state index contributed by atoms with van der Waals surface area (Å²) in [5.74, 6) is -0.0521. The van der Waals surface area contributed by atoms with E-state index in [4.69, 9.17) is 4.74 Å². The number of aromatic amines is 1. The number of hydrogen-bond acceptors (Lipinski definition) is 5. The van der Waals surface area contributed by atoms with E-state index in [1.807, 2.05) is 21.7 Å². The van der Waals surface area contributed by atoms with E-state index in [0.29, 0.717) is 31.7 Å². The van der Waals surface area contributed by atoms with Crippen LogP contribution in [0, 0.1) is 0 Å². The average Bonchev–Trinajstić information content (AvgIpc) is 3.29. The Labute approximate surface area is 149 Å². The first-order valence-corrected chi connectivity index (χ1v) is 9.32. The number of carbonyl (C=O) groups is 2. The molecule has 2 saturated heterocycles. The van der Waals surface area contributed by atoms with Crippen molar-refractivity contribution in [3.8, 4) is 11.3 Å². The summed E-state index contributed by atoms with van der Waals surface area (Å²) in [5, 5.41) is 11.1. The van der Waals surface area contributed by atoms with Crippen molar-refractivity contribution in [2.24, 2.45) is 0 Å². The molecule has 2 fully saturated rings. The fraction of sp³-hybridized carbons (Fsp3) is 0.471. The molecule has 25 heavy (non-hydrogen) atoms. The molecule has 4 rings (SSSR count). The Bertz CT molecular complexity index is 788. The highest BCUT2D eigenvalue weighted by molar-refractivity contribution is 7.08. The number of H-pyrrole nitrogens is 1. The van der Waals surface area contributed by atoms with E-state index in [1.54, 1.807) is 29.4 Å². The minimum Gasteiger partial charge on any atom is -0.441 e. The average molecular weight is 360 g/mol. The first kappa shape index (κ1) is 16.1. The van der Waals surface area contributed by atoms with E-state index < -0.39 is 5.60 Å². The number of likely N-dealkylation sites (tertiary alicyclic amines) is 1. The first-order valence-electron chi connectivity index (χ1n) is 8.38. The van der Waals surface area contributed by atoms with Gasteiger partial charge in [0.15, 0.2) is 0 Å². The van der Waals surface area contributed by atoms with Crippen molar-refractivity contribution < 1.29 is 14.3 Å². The number of likely N-dealkylation sites (N-methyl/N-ethyl adjacent to an activating group) is 1. The Hall–Kier alpha value is -2.35. The molecule has 0 saturated carbocycles. The summed E-state index contributed by atoms with van der Waals surface area (Å²) >= 11 is 1.60. The van der Waals surface area contributed by atoms with Gasteiger partial charge in [-0.25, -0.2) is 4.79 Å². The van der Waals surface area contributed by atoms with Gasteiger partial charge >= 0.3 is 6.09 Å². The summed E-state index contributed by atoms with van der Waals surface area (Å²) in [5.41, 5.74) is 1.84. The highest BCUT2D eigenvalue weighted by atomic mass is 32.1. The summed E-state index contributed by atoms with van der Waals surface area (Å²) < 4.78 is 5.60. The lowest BCUT2D eigenvalue weighted by Gasteiger charge is -2.25. The number of carbonyl (C=O) groups excluding carboxylic acids is 2. The normalized spacial score (nSPS) is 23.8. The lowest BCUT2D eigenvalue weighted by Crippen LogP contribution is -2.37. The molecule has 2 aliphatic rings.